The van der Waals surface area contributed by atoms with Crippen LogP contribution in [0.5, 0.6) is 11.5 Å². The first-order chi connectivity index (χ1) is 10.1. The van der Waals surface area contributed by atoms with Crippen molar-refractivity contribution < 1.29 is 9.47 Å². The van der Waals surface area contributed by atoms with Crippen LogP contribution in [0.25, 0.3) is 0 Å². The summed E-state index contributed by atoms with van der Waals surface area (Å²) in [6.45, 7) is 4.33. The summed E-state index contributed by atoms with van der Waals surface area (Å²) in [5.74, 6) is 7.20. The van der Waals surface area contributed by atoms with Crippen LogP contribution in [0.1, 0.15) is 25.8 Å². The molecule has 4 nitrogen and oxygen atoms in total. The highest BCUT2D eigenvalue weighted by molar-refractivity contribution is 5.48. The molecule has 0 radical (unpaired) electrons. The van der Waals surface area contributed by atoms with E-state index in [1.165, 1.54) is 0 Å². The summed E-state index contributed by atoms with van der Waals surface area (Å²) in [6.07, 6.45) is 0.438. The van der Waals surface area contributed by atoms with E-state index in [2.05, 4.69) is 17.9 Å². The van der Waals surface area contributed by atoms with Gasteiger partial charge in [-0.15, -0.1) is 0 Å². The van der Waals surface area contributed by atoms with E-state index in [0.29, 0.717) is 24.5 Å². The predicted molar refractivity (Wildman–Crippen MR) is 83.1 cm³/mol. The zero-order chi connectivity index (χ0) is 15.9. The Kier molecular flexibility index (Phi) is 6.09. The maximum Gasteiger partial charge on any atom is 0.161 e. The summed E-state index contributed by atoms with van der Waals surface area (Å²) in [5, 5.41) is 9.77. The molecule has 0 aliphatic heterocycles. The van der Waals surface area contributed by atoms with E-state index in [1.54, 1.807) is 14.2 Å². The third-order valence-electron chi connectivity index (χ3n) is 3.68. The van der Waals surface area contributed by atoms with E-state index < -0.39 is 5.41 Å². The highest BCUT2D eigenvalue weighted by atomic mass is 16.5. The topological polar surface area (TPSA) is 68.3 Å². The van der Waals surface area contributed by atoms with Gasteiger partial charge >= 0.3 is 0 Å². The van der Waals surface area contributed by atoms with E-state index in [0.717, 1.165) is 5.56 Å². The van der Waals surface area contributed by atoms with Gasteiger partial charge in [-0.25, -0.2) is 0 Å². The molecule has 1 aromatic carbocycles. The van der Waals surface area contributed by atoms with Crippen molar-refractivity contribution in [2.45, 2.75) is 25.7 Å². The minimum Gasteiger partial charge on any atom is -0.493 e. The number of nitrogens with two attached hydrogens (primary N) is 1. The van der Waals surface area contributed by atoms with Crippen LogP contribution < -0.4 is 15.2 Å². The molecule has 0 spiro atoms. The van der Waals surface area contributed by atoms with Crippen molar-refractivity contribution in [3.8, 4) is 29.4 Å². The molecule has 0 unspecified atom stereocenters. The lowest BCUT2D eigenvalue weighted by atomic mass is 9.70. The van der Waals surface area contributed by atoms with Crippen LogP contribution in [-0.4, -0.2) is 20.8 Å². The van der Waals surface area contributed by atoms with Crippen LogP contribution in [0, 0.1) is 29.1 Å². The maximum atomic E-state index is 9.77. The first-order valence-corrected chi connectivity index (χ1v) is 6.85. The molecule has 112 valence electrons. The SMILES string of the molecule is COc1ccc([C@](C#N)(CC#CCN)C(C)C)cc1OC. The highest BCUT2D eigenvalue weighted by Crippen LogP contribution is 2.39. The number of methoxy groups -OCH3 is 2. The van der Waals surface area contributed by atoms with Crippen molar-refractivity contribution in [2.75, 3.05) is 20.8 Å². The average Bonchev–Trinajstić information content (AvgIpc) is 2.51. The van der Waals surface area contributed by atoms with Crippen LogP contribution in [0.4, 0.5) is 0 Å². The molecule has 1 aromatic rings. The third-order valence-corrected chi connectivity index (χ3v) is 3.68. The summed E-state index contributed by atoms with van der Waals surface area (Å²) >= 11 is 0. The molecule has 0 amide bonds. The molecule has 0 saturated heterocycles. The summed E-state index contributed by atoms with van der Waals surface area (Å²) < 4.78 is 10.6. The van der Waals surface area contributed by atoms with Gasteiger partial charge in [0.1, 0.15) is 0 Å². The van der Waals surface area contributed by atoms with E-state index in [1.807, 2.05) is 32.0 Å². The smallest absolute Gasteiger partial charge is 0.161 e. The fourth-order valence-corrected chi connectivity index (χ4v) is 2.26. The number of hydrogen-bond acceptors (Lipinski definition) is 4. The number of nitriles is 1. The quantitative estimate of drug-likeness (QED) is 0.844. The second-order valence-corrected chi connectivity index (χ2v) is 5.04. The van der Waals surface area contributed by atoms with Crippen molar-refractivity contribution in [3.05, 3.63) is 23.8 Å². The van der Waals surface area contributed by atoms with E-state index >= 15 is 0 Å². The largest absolute Gasteiger partial charge is 0.493 e. The normalized spacial score (nSPS) is 12.8. The van der Waals surface area contributed by atoms with E-state index in [9.17, 15) is 5.26 Å². The molecular formula is C17H22N2O2. The van der Waals surface area contributed by atoms with Gasteiger partial charge in [-0.05, 0) is 23.6 Å². The fourth-order valence-electron chi connectivity index (χ4n) is 2.26. The Bertz CT molecular complexity index is 579. The van der Waals surface area contributed by atoms with Crippen LogP contribution in [0.3, 0.4) is 0 Å². The standard InChI is InChI=1S/C17H22N2O2/c1-13(2)17(12-19,9-5-6-10-18)14-7-8-15(20-3)16(11-14)21-4/h7-8,11,13H,9-10,18H2,1-4H3/t17-/m0/s1. The molecule has 0 saturated carbocycles. The second kappa shape index (κ2) is 7.57. The van der Waals surface area contributed by atoms with Gasteiger partial charge in [-0.2, -0.15) is 5.26 Å². The molecule has 0 bridgehead atoms. The fraction of sp³-hybridized carbons (Fsp3) is 0.471. The third kappa shape index (κ3) is 3.48. The summed E-state index contributed by atoms with van der Waals surface area (Å²) in [5.41, 5.74) is 5.59. The van der Waals surface area contributed by atoms with Crippen molar-refractivity contribution in [3.63, 3.8) is 0 Å². The Morgan fingerprint density at radius 3 is 2.33 bits per heavy atom. The molecule has 0 aliphatic carbocycles. The lowest BCUT2D eigenvalue weighted by Gasteiger charge is -2.30. The molecule has 1 rings (SSSR count). The molecule has 0 aromatic heterocycles. The van der Waals surface area contributed by atoms with Crippen LogP contribution in [0.2, 0.25) is 0 Å². The second-order valence-electron chi connectivity index (χ2n) is 5.04. The Morgan fingerprint density at radius 2 is 1.86 bits per heavy atom. The van der Waals surface area contributed by atoms with Crippen molar-refractivity contribution >= 4 is 0 Å². The summed E-state index contributed by atoms with van der Waals surface area (Å²) in [6, 6.07) is 8.01. The highest BCUT2D eigenvalue weighted by Gasteiger charge is 2.36. The van der Waals surface area contributed by atoms with E-state index in [-0.39, 0.29) is 5.92 Å². The van der Waals surface area contributed by atoms with Gasteiger partial charge in [-0.3, -0.25) is 0 Å². The number of rotatable bonds is 5. The van der Waals surface area contributed by atoms with Crippen LogP contribution in [0.15, 0.2) is 18.2 Å². The number of hydrogen-bond donors (Lipinski definition) is 1. The minimum absolute atomic E-state index is 0.104. The molecule has 21 heavy (non-hydrogen) atoms. The molecule has 0 heterocycles. The van der Waals surface area contributed by atoms with Crippen molar-refractivity contribution in [1.82, 2.24) is 0 Å². The molecule has 2 N–H and O–H groups in total. The number of benzene rings is 1. The van der Waals surface area contributed by atoms with Gasteiger partial charge in [0.25, 0.3) is 0 Å². The first-order valence-electron chi connectivity index (χ1n) is 6.85. The Hall–Kier alpha value is -2.17. The lowest BCUT2D eigenvalue weighted by Crippen LogP contribution is -2.30. The first kappa shape index (κ1) is 16.9. The number of ether oxygens (including phenoxy) is 2. The van der Waals surface area contributed by atoms with Gasteiger partial charge in [-0.1, -0.05) is 31.8 Å². The Balaban J connectivity index is 3.36. The minimum atomic E-state index is -0.693. The molecule has 0 aliphatic rings. The Morgan fingerprint density at radius 1 is 1.19 bits per heavy atom. The molecule has 0 fully saturated rings. The van der Waals surface area contributed by atoms with Crippen LogP contribution in [-0.2, 0) is 5.41 Å². The van der Waals surface area contributed by atoms with E-state index in [4.69, 9.17) is 15.2 Å². The molecular weight excluding hydrogens is 264 g/mol. The maximum absolute atomic E-state index is 9.77. The monoisotopic (exact) mass is 286 g/mol. The molecule has 4 heteroatoms. The molecule has 1 atom stereocenters. The van der Waals surface area contributed by atoms with Crippen LogP contribution >= 0.6 is 0 Å². The van der Waals surface area contributed by atoms with Gasteiger partial charge in [0, 0.05) is 6.42 Å². The summed E-state index contributed by atoms with van der Waals surface area (Å²) in [4.78, 5) is 0. The van der Waals surface area contributed by atoms with Gasteiger partial charge in [0.05, 0.1) is 32.2 Å². The summed E-state index contributed by atoms with van der Waals surface area (Å²) in [7, 11) is 3.17. The van der Waals surface area contributed by atoms with Crippen molar-refractivity contribution in [1.29, 1.82) is 5.26 Å². The Labute approximate surface area is 126 Å². The average molecular weight is 286 g/mol. The lowest BCUT2D eigenvalue weighted by molar-refractivity contribution is 0.350. The van der Waals surface area contributed by atoms with Gasteiger partial charge in [0.2, 0.25) is 0 Å². The number of nitrogens with zero attached hydrogens (tertiary/aromatic N) is 1. The van der Waals surface area contributed by atoms with Gasteiger partial charge in [0.15, 0.2) is 11.5 Å². The zero-order valence-electron chi connectivity index (χ0n) is 13.1. The van der Waals surface area contributed by atoms with Gasteiger partial charge < -0.3 is 15.2 Å². The van der Waals surface area contributed by atoms with Crippen molar-refractivity contribution in [2.24, 2.45) is 11.7 Å². The predicted octanol–water partition coefficient (Wildman–Crippen LogP) is 2.47. The zero-order valence-corrected chi connectivity index (χ0v) is 13.1.